The highest BCUT2D eigenvalue weighted by atomic mass is 32.2. The van der Waals surface area contributed by atoms with Crippen molar-refractivity contribution >= 4 is 61.2 Å². The van der Waals surface area contributed by atoms with Crippen molar-refractivity contribution in [1.29, 1.82) is 0 Å². The van der Waals surface area contributed by atoms with Gasteiger partial charge in [-0.05, 0) is 77.3 Å². The number of fused-ring (bicyclic) bond motifs is 3. The Morgan fingerprint density at radius 3 is 2.59 bits per heavy atom. The van der Waals surface area contributed by atoms with Crippen molar-refractivity contribution in [2.24, 2.45) is 11.8 Å². The van der Waals surface area contributed by atoms with Gasteiger partial charge in [-0.25, -0.2) is 32.3 Å². The molecule has 3 fully saturated rings. The van der Waals surface area contributed by atoms with E-state index in [2.05, 4.69) is 21.3 Å². The van der Waals surface area contributed by atoms with Crippen molar-refractivity contribution in [2.45, 2.75) is 121 Å². The summed E-state index contributed by atoms with van der Waals surface area (Å²) in [7, 11) is -0.433. The number of pyridine rings is 1. The van der Waals surface area contributed by atoms with Crippen LogP contribution >= 0.6 is 11.3 Å². The Balaban J connectivity index is 1.19. The van der Waals surface area contributed by atoms with Crippen molar-refractivity contribution in [3.05, 3.63) is 41.8 Å². The topological polar surface area (TPSA) is 221 Å². The Morgan fingerprint density at radius 2 is 1.89 bits per heavy atom. The Hall–Kier alpha value is -5.01. The van der Waals surface area contributed by atoms with E-state index in [1.807, 2.05) is 37.4 Å². The van der Waals surface area contributed by atoms with Crippen LogP contribution in [0.25, 0.3) is 22.3 Å². The number of thiazole rings is 1. The highest BCUT2D eigenvalue weighted by molar-refractivity contribution is 7.89. The minimum atomic E-state index is -3.51. The molecule has 1 unspecified atom stereocenters. The van der Waals surface area contributed by atoms with Gasteiger partial charge in [0.15, 0.2) is 5.13 Å². The van der Waals surface area contributed by atoms with Crippen LogP contribution in [0, 0.1) is 11.8 Å². The fourth-order valence-corrected chi connectivity index (χ4v) is 10.4. The van der Waals surface area contributed by atoms with Crippen LogP contribution in [-0.2, 0) is 24.4 Å². The van der Waals surface area contributed by atoms with Gasteiger partial charge in [-0.3, -0.25) is 9.59 Å². The molecule has 5 N–H and O–H groups in total. The zero-order chi connectivity index (χ0) is 45.1. The lowest BCUT2D eigenvalue weighted by Gasteiger charge is -2.36. The number of likely N-dealkylation sites (N-methyl/N-ethyl adjacent to an activating group) is 1. The van der Waals surface area contributed by atoms with Gasteiger partial charge < -0.3 is 40.7 Å². The average Bonchev–Trinajstić information content (AvgIpc) is 3.48. The van der Waals surface area contributed by atoms with E-state index in [9.17, 15) is 32.7 Å². The quantitative estimate of drug-likeness (QED) is 0.133. The van der Waals surface area contributed by atoms with Crippen LogP contribution in [0.1, 0.15) is 85.0 Å². The van der Waals surface area contributed by atoms with Crippen LogP contribution in [0.4, 0.5) is 9.93 Å². The number of hydrogen-bond donors (Lipinski definition) is 5. The predicted octanol–water partition coefficient (Wildman–Crippen LogP) is 5.13. The summed E-state index contributed by atoms with van der Waals surface area (Å²) in [5.41, 5.74) is 0.259. The molecule has 63 heavy (non-hydrogen) atoms. The number of rotatable bonds is 14. The number of carboxylic acid groups (broad SMARTS) is 1. The Morgan fingerprint density at radius 1 is 1.10 bits per heavy atom. The molecule has 2 saturated carbocycles. The summed E-state index contributed by atoms with van der Waals surface area (Å²) in [5, 5.41) is 25.7. The number of allylic oxidation sites excluding steroid dienone is 1. The normalized spacial score (nSPS) is 25.5. The van der Waals surface area contributed by atoms with Crippen LogP contribution in [0.2, 0.25) is 0 Å². The monoisotopic (exact) mass is 908 g/mol. The first kappa shape index (κ1) is 46.0. The zero-order valence-electron chi connectivity index (χ0n) is 36.6. The first-order chi connectivity index (χ1) is 30.1. The molecule has 0 spiro atoms. The molecule has 0 bridgehead atoms. The maximum absolute atomic E-state index is 14.9. The number of methoxy groups -OCH3 is 1. The van der Waals surface area contributed by atoms with Crippen molar-refractivity contribution in [3.8, 4) is 22.9 Å². The van der Waals surface area contributed by atoms with Crippen molar-refractivity contribution < 1.29 is 42.2 Å². The second-order valence-electron chi connectivity index (χ2n) is 17.5. The minimum Gasteiger partial charge on any atom is -0.497 e. The number of benzene rings is 1. The number of amides is 4. The van der Waals surface area contributed by atoms with Gasteiger partial charge in [0.05, 0.1) is 30.6 Å². The van der Waals surface area contributed by atoms with Gasteiger partial charge in [0.1, 0.15) is 40.9 Å². The molecule has 4 heterocycles. The molecule has 4 amide bonds. The van der Waals surface area contributed by atoms with Crippen molar-refractivity contribution in [2.75, 3.05) is 38.3 Å². The van der Waals surface area contributed by atoms with E-state index in [1.165, 1.54) is 27.6 Å². The van der Waals surface area contributed by atoms with E-state index in [0.29, 0.717) is 46.6 Å². The number of hydrogen-bond acceptors (Lipinski definition) is 12. The summed E-state index contributed by atoms with van der Waals surface area (Å²) in [4.78, 5) is 66.9. The van der Waals surface area contributed by atoms with Gasteiger partial charge in [-0.1, -0.05) is 31.4 Å². The molecule has 3 aromatic rings. The Labute approximate surface area is 372 Å². The first-order valence-corrected chi connectivity index (χ1v) is 24.5. The largest absolute Gasteiger partial charge is 0.497 e. The predicted molar refractivity (Wildman–Crippen MR) is 240 cm³/mol. The summed E-state index contributed by atoms with van der Waals surface area (Å²) >= 11 is 1.45. The molecule has 1 saturated heterocycles. The zero-order valence-corrected chi connectivity index (χ0v) is 38.2. The number of nitrogens with one attached hydrogen (secondary N) is 4. The molecule has 17 nitrogen and oxygen atoms in total. The number of ether oxygens (including phenoxy) is 2. The van der Waals surface area contributed by atoms with Gasteiger partial charge >= 0.3 is 12.0 Å². The Bertz CT molecular complexity index is 2320. The first-order valence-electron chi connectivity index (χ1n) is 22.0. The highest BCUT2D eigenvalue weighted by Gasteiger charge is 2.61. The minimum absolute atomic E-state index is 0.0288. The van der Waals surface area contributed by atoms with Gasteiger partial charge in [-0.15, -0.1) is 11.3 Å². The van der Waals surface area contributed by atoms with Crippen LogP contribution in [0.3, 0.4) is 0 Å². The number of urea groups is 1. The molecule has 2 aliphatic heterocycles. The van der Waals surface area contributed by atoms with Crippen molar-refractivity contribution in [3.63, 3.8) is 0 Å². The van der Waals surface area contributed by atoms with Crippen LogP contribution in [0.15, 0.2) is 41.8 Å². The van der Waals surface area contributed by atoms with E-state index in [-0.39, 0.29) is 50.1 Å². The average molecular weight is 909 g/mol. The summed E-state index contributed by atoms with van der Waals surface area (Å²) in [5.74, 6) is -1.60. The molecule has 7 rings (SSSR count). The lowest BCUT2D eigenvalue weighted by Crippen LogP contribution is -2.59. The van der Waals surface area contributed by atoms with E-state index < -0.39 is 69.5 Å². The lowest BCUT2D eigenvalue weighted by molar-refractivity contribution is -0.145. The third-order valence-electron chi connectivity index (χ3n) is 12.7. The van der Waals surface area contributed by atoms with Crippen LogP contribution in [-0.4, -0.2) is 125 Å². The molecule has 342 valence electrons. The fourth-order valence-electron chi connectivity index (χ4n) is 8.70. The summed E-state index contributed by atoms with van der Waals surface area (Å²) in [6, 6.07) is 4.15. The van der Waals surface area contributed by atoms with Gasteiger partial charge in [0, 0.05) is 60.9 Å². The number of carbonyl (C=O) groups is 4. The highest BCUT2D eigenvalue weighted by Crippen LogP contribution is 2.46. The maximum atomic E-state index is 14.9. The third kappa shape index (κ3) is 10.5. The van der Waals surface area contributed by atoms with E-state index in [0.717, 1.165) is 37.2 Å². The smallest absolute Gasteiger partial charge is 0.330 e. The van der Waals surface area contributed by atoms with Gasteiger partial charge in [0.25, 0.3) is 0 Å². The second-order valence-corrected chi connectivity index (χ2v) is 20.7. The molecule has 4 aliphatic rings. The molecular weight excluding hydrogens is 849 g/mol. The molecule has 0 radical (unpaired) electrons. The standard InChI is InChI=1S/C44H60N8O9S2/c1-6-63(58,59)51(4)24-35(27-13-12-14-27)48-42(57)47-32-16-11-9-7-8-10-15-28-22-44(28,41(55)56)50-39(53)37-20-30(23-52(37)40(32)54)61-38-21-34(36-25-62-43(49-36)45-26(2)3)46-33-19-29(60-5)17-18-31(33)38/h10,15,17-19,21,25-28,30,32,35,37H,6-9,11-14,16,20,22-24H2,1-5H3,(H,45,49)(H,50,53)(H,55,56)(H2,47,48,57)/b15-10-/t28?,30-,32-,35-,37+,44-/m1/s1. The summed E-state index contributed by atoms with van der Waals surface area (Å²) < 4.78 is 38.9. The number of carbonyl (C=O) groups excluding carboxylic acids is 3. The molecule has 1 aromatic carbocycles. The van der Waals surface area contributed by atoms with E-state index in [4.69, 9.17) is 19.4 Å². The second kappa shape index (κ2) is 19.4. The number of sulfonamides is 1. The number of nitrogens with zero attached hydrogens (tertiary/aromatic N) is 4. The molecule has 6 atom stereocenters. The number of anilines is 1. The van der Waals surface area contributed by atoms with Gasteiger partial charge in [0.2, 0.25) is 21.8 Å². The molecule has 19 heteroatoms. The van der Waals surface area contributed by atoms with E-state index >= 15 is 0 Å². The van der Waals surface area contributed by atoms with E-state index in [1.54, 1.807) is 32.2 Å². The number of carboxylic acids is 1. The lowest BCUT2D eigenvalue weighted by atomic mass is 9.79. The third-order valence-corrected chi connectivity index (χ3v) is 15.3. The van der Waals surface area contributed by atoms with Crippen molar-refractivity contribution in [1.82, 2.24) is 35.1 Å². The number of aromatic nitrogens is 2. The SMILES string of the molecule is CCS(=O)(=O)N(C)C[C@@H](NC(=O)N[C@@H]1CCCCC/C=C\C2C[C@@]2(C(=O)O)NC(=O)[C@@H]2C[C@@H](Oc3cc(-c4csc(NC(C)C)n4)nc4cc(OC)ccc34)CN2C1=O)C1CCC1. The van der Waals surface area contributed by atoms with Crippen LogP contribution < -0.4 is 30.7 Å². The van der Waals surface area contributed by atoms with Crippen LogP contribution in [0.5, 0.6) is 11.5 Å². The molecular formula is C44H60N8O9S2. The summed E-state index contributed by atoms with van der Waals surface area (Å²) in [6.07, 6.45) is 9.15. The Kier molecular flexibility index (Phi) is 14.2. The van der Waals surface area contributed by atoms with Gasteiger partial charge in [-0.2, -0.15) is 0 Å². The summed E-state index contributed by atoms with van der Waals surface area (Å²) in [6.45, 7) is 5.69. The molecule has 2 aromatic heterocycles. The fraction of sp³-hybridized carbons (Fsp3) is 0.591. The molecule has 2 aliphatic carbocycles. The maximum Gasteiger partial charge on any atom is 0.330 e. The number of aliphatic carboxylic acids is 1.